The van der Waals surface area contributed by atoms with Gasteiger partial charge in [0.15, 0.2) is 9.84 Å². The molecule has 0 radical (unpaired) electrons. The zero-order valence-electron chi connectivity index (χ0n) is 13.2. The fraction of sp³-hybridized carbons (Fsp3) is 0.235. The summed E-state index contributed by atoms with van der Waals surface area (Å²) in [4.78, 5) is 12.1. The third-order valence-corrected chi connectivity index (χ3v) is 5.40. The monoisotopic (exact) mass is 367 g/mol. The minimum Gasteiger partial charge on any atom is -0.497 e. The average Bonchev–Trinajstić information content (AvgIpc) is 2.54. The van der Waals surface area contributed by atoms with Crippen LogP contribution in [0, 0.1) is 0 Å². The Morgan fingerprint density at radius 3 is 2.50 bits per heavy atom. The Morgan fingerprint density at radius 2 is 1.88 bits per heavy atom. The van der Waals surface area contributed by atoms with E-state index in [-0.39, 0.29) is 29.4 Å². The van der Waals surface area contributed by atoms with Crippen LogP contribution >= 0.6 is 11.6 Å². The van der Waals surface area contributed by atoms with Crippen molar-refractivity contribution in [1.82, 2.24) is 0 Å². The van der Waals surface area contributed by atoms with E-state index in [1.54, 1.807) is 36.4 Å². The minimum absolute atomic E-state index is 0.0949. The van der Waals surface area contributed by atoms with E-state index in [2.05, 4.69) is 5.32 Å². The minimum atomic E-state index is -3.42. The SMILES string of the molecule is COc1ccc(S(=O)(=O)CCCC(=O)Nc2cccc(Cl)c2)cc1. The molecule has 0 fully saturated rings. The highest BCUT2D eigenvalue weighted by atomic mass is 35.5. The predicted molar refractivity (Wildman–Crippen MR) is 94.4 cm³/mol. The van der Waals surface area contributed by atoms with E-state index >= 15 is 0 Å². The maximum atomic E-state index is 12.2. The van der Waals surface area contributed by atoms with Gasteiger partial charge in [-0.1, -0.05) is 17.7 Å². The Labute approximate surface area is 146 Å². The number of carbonyl (C=O) groups excluding carboxylic acids is 1. The molecule has 2 aromatic rings. The summed E-state index contributed by atoms with van der Waals surface area (Å²) < 4.78 is 29.5. The van der Waals surface area contributed by atoms with Crippen molar-refractivity contribution in [3.8, 4) is 5.75 Å². The van der Waals surface area contributed by atoms with Gasteiger partial charge in [-0.05, 0) is 48.9 Å². The number of nitrogens with one attached hydrogen (secondary N) is 1. The highest BCUT2D eigenvalue weighted by molar-refractivity contribution is 7.91. The van der Waals surface area contributed by atoms with Gasteiger partial charge in [0.25, 0.3) is 0 Å². The zero-order valence-corrected chi connectivity index (χ0v) is 14.7. The summed E-state index contributed by atoms with van der Waals surface area (Å²) in [5.41, 5.74) is 0.588. The molecule has 0 bridgehead atoms. The van der Waals surface area contributed by atoms with Crippen LogP contribution in [-0.4, -0.2) is 27.2 Å². The van der Waals surface area contributed by atoms with E-state index in [1.165, 1.54) is 19.2 Å². The van der Waals surface area contributed by atoms with Gasteiger partial charge in [-0.25, -0.2) is 8.42 Å². The summed E-state index contributed by atoms with van der Waals surface area (Å²) in [5, 5.41) is 3.21. The first kappa shape index (κ1) is 18.3. The number of halogens is 1. The van der Waals surface area contributed by atoms with Crippen molar-refractivity contribution < 1.29 is 17.9 Å². The standard InChI is InChI=1S/C17H18ClNO4S/c1-23-15-7-9-16(10-8-15)24(21,22)11-3-6-17(20)19-14-5-2-4-13(18)12-14/h2,4-5,7-10,12H,3,6,11H2,1H3,(H,19,20). The van der Waals surface area contributed by atoms with Crippen LogP contribution in [0.25, 0.3) is 0 Å². The molecule has 0 aliphatic heterocycles. The van der Waals surface area contributed by atoms with Crippen LogP contribution in [-0.2, 0) is 14.6 Å². The van der Waals surface area contributed by atoms with Gasteiger partial charge in [-0.15, -0.1) is 0 Å². The topological polar surface area (TPSA) is 72.5 Å². The predicted octanol–water partition coefficient (Wildman–Crippen LogP) is 3.54. The number of amides is 1. The van der Waals surface area contributed by atoms with Gasteiger partial charge in [0.1, 0.15) is 5.75 Å². The molecular formula is C17H18ClNO4S. The van der Waals surface area contributed by atoms with Gasteiger partial charge in [0.2, 0.25) is 5.91 Å². The zero-order chi connectivity index (χ0) is 17.6. The third kappa shape index (κ3) is 5.25. The number of benzene rings is 2. The van der Waals surface area contributed by atoms with E-state index < -0.39 is 9.84 Å². The van der Waals surface area contributed by atoms with Gasteiger partial charge in [-0.3, -0.25) is 4.79 Å². The van der Waals surface area contributed by atoms with Gasteiger partial charge in [0.05, 0.1) is 17.8 Å². The van der Waals surface area contributed by atoms with Crippen LogP contribution in [0.4, 0.5) is 5.69 Å². The summed E-state index contributed by atoms with van der Waals surface area (Å²) in [6.07, 6.45) is 0.350. The molecule has 128 valence electrons. The number of methoxy groups -OCH3 is 1. The van der Waals surface area contributed by atoms with Crippen LogP contribution < -0.4 is 10.1 Å². The number of carbonyl (C=O) groups is 1. The Hall–Kier alpha value is -2.05. The lowest BCUT2D eigenvalue weighted by atomic mass is 10.3. The second-order valence-corrected chi connectivity index (χ2v) is 7.70. The second-order valence-electron chi connectivity index (χ2n) is 5.16. The van der Waals surface area contributed by atoms with Crippen molar-refractivity contribution in [2.75, 3.05) is 18.2 Å². The third-order valence-electron chi connectivity index (χ3n) is 3.34. The van der Waals surface area contributed by atoms with Crippen molar-refractivity contribution in [3.63, 3.8) is 0 Å². The summed E-state index contributed by atoms with van der Waals surface area (Å²) >= 11 is 5.84. The van der Waals surface area contributed by atoms with E-state index in [9.17, 15) is 13.2 Å². The molecule has 1 N–H and O–H groups in total. The molecule has 0 saturated heterocycles. The lowest BCUT2D eigenvalue weighted by Gasteiger charge is -2.07. The van der Waals surface area contributed by atoms with Crippen LogP contribution in [0.3, 0.4) is 0 Å². The Bertz CT molecular complexity index is 804. The normalized spacial score (nSPS) is 11.1. The smallest absolute Gasteiger partial charge is 0.224 e. The summed E-state index contributed by atoms with van der Waals surface area (Å²) in [6, 6.07) is 13.0. The summed E-state index contributed by atoms with van der Waals surface area (Å²) in [6.45, 7) is 0. The fourth-order valence-corrected chi connectivity index (χ4v) is 3.61. The number of sulfone groups is 1. The highest BCUT2D eigenvalue weighted by Crippen LogP contribution is 2.18. The number of anilines is 1. The van der Waals surface area contributed by atoms with Gasteiger partial charge in [-0.2, -0.15) is 0 Å². The molecular weight excluding hydrogens is 350 g/mol. The molecule has 0 heterocycles. The molecule has 0 spiro atoms. The number of rotatable bonds is 7. The van der Waals surface area contributed by atoms with E-state index in [0.29, 0.717) is 16.5 Å². The molecule has 24 heavy (non-hydrogen) atoms. The lowest BCUT2D eigenvalue weighted by molar-refractivity contribution is -0.116. The van der Waals surface area contributed by atoms with Crippen LogP contribution in [0.15, 0.2) is 53.4 Å². The van der Waals surface area contributed by atoms with Crippen molar-refractivity contribution in [3.05, 3.63) is 53.6 Å². The average molecular weight is 368 g/mol. The number of hydrogen-bond donors (Lipinski definition) is 1. The molecule has 0 aliphatic rings. The van der Waals surface area contributed by atoms with Crippen LogP contribution in [0.5, 0.6) is 5.75 Å². The maximum Gasteiger partial charge on any atom is 0.224 e. The summed E-state index contributed by atoms with van der Waals surface area (Å²) in [5.74, 6) is 0.250. The second kappa shape index (κ2) is 8.17. The summed E-state index contributed by atoms with van der Waals surface area (Å²) in [7, 11) is -1.90. The van der Waals surface area contributed by atoms with Crippen LogP contribution in [0.1, 0.15) is 12.8 Å². The van der Waals surface area contributed by atoms with Crippen molar-refractivity contribution in [2.45, 2.75) is 17.7 Å². The molecule has 0 saturated carbocycles. The molecule has 1 amide bonds. The van der Waals surface area contributed by atoms with Crippen molar-refractivity contribution in [1.29, 1.82) is 0 Å². The van der Waals surface area contributed by atoms with E-state index in [1.807, 2.05) is 0 Å². The van der Waals surface area contributed by atoms with Crippen molar-refractivity contribution >= 4 is 33.0 Å². The molecule has 5 nitrogen and oxygen atoms in total. The Kier molecular flexibility index (Phi) is 6.23. The fourth-order valence-electron chi connectivity index (χ4n) is 2.11. The first-order chi connectivity index (χ1) is 11.4. The Morgan fingerprint density at radius 1 is 1.17 bits per heavy atom. The van der Waals surface area contributed by atoms with Crippen molar-refractivity contribution in [2.24, 2.45) is 0 Å². The molecule has 0 unspecified atom stereocenters. The first-order valence-electron chi connectivity index (χ1n) is 7.33. The molecule has 0 aromatic heterocycles. The van der Waals surface area contributed by atoms with Gasteiger partial charge >= 0.3 is 0 Å². The molecule has 0 atom stereocenters. The maximum absolute atomic E-state index is 12.2. The molecule has 0 aliphatic carbocycles. The van der Waals surface area contributed by atoms with Gasteiger partial charge in [0, 0.05) is 17.1 Å². The first-order valence-corrected chi connectivity index (χ1v) is 9.36. The number of ether oxygens (including phenoxy) is 1. The molecule has 2 aromatic carbocycles. The highest BCUT2D eigenvalue weighted by Gasteiger charge is 2.15. The Balaban J connectivity index is 1.86. The quantitative estimate of drug-likeness (QED) is 0.812. The van der Waals surface area contributed by atoms with E-state index in [0.717, 1.165) is 0 Å². The van der Waals surface area contributed by atoms with Crippen LogP contribution in [0.2, 0.25) is 5.02 Å². The number of hydrogen-bond acceptors (Lipinski definition) is 4. The van der Waals surface area contributed by atoms with E-state index in [4.69, 9.17) is 16.3 Å². The molecule has 7 heteroatoms. The molecule has 2 rings (SSSR count). The lowest BCUT2D eigenvalue weighted by Crippen LogP contribution is -2.14. The largest absolute Gasteiger partial charge is 0.497 e. The van der Waals surface area contributed by atoms with Gasteiger partial charge < -0.3 is 10.1 Å².